The van der Waals surface area contributed by atoms with E-state index in [2.05, 4.69) is 6.92 Å². The monoisotopic (exact) mass is 206 g/mol. The number of benzene rings is 1. The summed E-state index contributed by atoms with van der Waals surface area (Å²) in [7, 11) is 0. The number of aldehydes is 1. The maximum atomic E-state index is 10.7. The lowest BCUT2D eigenvalue weighted by molar-refractivity contribution is 0.0696. The third-order valence-corrected chi connectivity index (χ3v) is 2.32. The van der Waals surface area contributed by atoms with Gasteiger partial charge in [0.1, 0.15) is 6.29 Å². The molecule has 0 radical (unpaired) electrons. The second-order valence-electron chi connectivity index (χ2n) is 3.44. The summed E-state index contributed by atoms with van der Waals surface area (Å²) in [5, 5.41) is 8.81. The molecule has 0 unspecified atom stereocenters. The molecule has 1 aromatic carbocycles. The molecule has 0 atom stereocenters. The van der Waals surface area contributed by atoms with E-state index in [0.717, 1.165) is 31.1 Å². The first-order chi connectivity index (χ1) is 7.19. The Morgan fingerprint density at radius 1 is 1.47 bits per heavy atom. The van der Waals surface area contributed by atoms with Crippen molar-refractivity contribution in [3.8, 4) is 0 Å². The van der Waals surface area contributed by atoms with Gasteiger partial charge in [-0.15, -0.1) is 0 Å². The van der Waals surface area contributed by atoms with Gasteiger partial charge in [-0.05, 0) is 30.5 Å². The van der Waals surface area contributed by atoms with E-state index in [0.29, 0.717) is 5.56 Å². The highest BCUT2D eigenvalue weighted by Crippen LogP contribution is 2.13. The second-order valence-corrected chi connectivity index (χ2v) is 3.44. The number of hydrogen-bond donors (Lipinski definition) is 1. The molecule has 0 fully saturated rings. The summed E-state index contributed by atoms with van der Waals surface area (Å²) >= 11 is 0. The van der Waals surface area contributed by atoms with Crippen LogP contribution in [-0.2, 0) is 6.42 Å². The summed E-state index contributed by atoms with van der Waals surface area (Å²) in [6.45, 7) is 2.06. The van der Waals surface area contributed by atoms with Gasteiger partial charge < -0.3 is 5.11 Å². The van der Waals surface area contributed by atoms with Crippen LogP contribution in [0.15, 0.2) is 18.2 Å². The van der Waals surface area contributed by atoms with Crippen LogP contribution >= 0.6 is 0 Å². The number of rotatable bonds is 5. The molecule has 0 aliphatic heterocycles. The number of aromatic carboxylic acids is 1. The first-order valence-electron chi connectivity index (χ1n) is 5.00. The summed E-state index contributed by atoms with van der Waals surface area (Å²) in [6, 6.07) is 4.62. The van der Waals surface area contributed by atoms with Crippen LogP contribution in [0.4, 0.5) is 0 Å². The van der Waals surface area contributed by atoms with E-state index in [1.807, 2.05) is 0 Å². The fourth-order valence-corrected chi connectivity index (χ4v) is 1.44. The third kappa shape index (κ3) is 2.91. The lowest BCUT2D eigenvalue weighted by Gasteiger charge is -2.05. The molecule has 0 aliphatic rings. The van der Waals surface area contributed by atoms with Crippen molar-refractivity contribution < 1.29 is 14.7 Å². The maximum absolute atomic E-state index is 10.7. The van der Waals surface area contributed by atoms with Gasteiger partial charge in [-0.2, -0.15) is 0 Å². The Balaban J connectivity index is 3.01. The Labute approximate surface area is 88.7 Å². The molecule has 0 saturated carbocycles. The molecule has 80 valence electrons. The highest BCUT2D eigenvalue weighted by atomic mass is 16.4. The lowest BCUT2D eigenvalue weighted by atomic mass is 10.00. The largest absolute Gasteiger partial charge is 0.478 e. The fraction of sp³-hybridized carbons (Fsp3) is 0.333. The minimum Gasteiger partial charge on any atom is -0.478 e. The molecule has 0 aliphatic carbocycles. The van der Waals surface area contributed by atoms with Crippen LogP contribution in [0, 0.1) is 0 Å². The SMILES string of the molecule is CCCCc1cc(C(=O)O)ccc1C=O. The molecule has 3 nitrogen and oxygen atoms in total. The van der Waals surface area contributed by atoms with Crippen LogP contribution in [-0.4, -0.2) is 17.4 Å². The average Bonchev–Trinajstić information content (AvgIpc) is 2.25. The van der Waals surface area contributed by atoms with E-state index in [1.54, 1.807) is 12.1 Å². The number of hydrogen-bond acceptors (Lipinski definition) is 2. The third-order valence-electron chi connectivity index (χ3n) is 2.32. The quantitative estimate of drug-likeness (QED) is 0.753. The van der Waals surface area contributed by atoms with Gasteiger partial charge in [0.2, 0.25) is 0 Å². The van der Waals surface area contributed by atoms with Crippen LogP contribution in [0.25, 0.3) is 0 Å². The van der Waals surface area contributed by atoms with Crippen LogP contribution < -0.4 is 0 Å². The predicted molar refractivity (Wildman–Crippen MR) is 57.4 cm³/mol. The normalized spacial score (nSPS) is 9.93. The van der Waals surface area contributed by atoms with Crippen molar-refractivity contribution in [2.24, 2.45) is 0 Å². The van der Waals surface area contributed by atoms with Gasteiger partial charge in [-0.25, -0.2) is 4.79 Å². The Kier molecular flexibility index (Phi) is 4.03. The molecule has 0 spiro atoms. The Morgan fingerprint density at radius 3 is 2.73 bits per heavy atom. The maximum Gasteiger partial charge on any atom is 0.335 e. The minimum absolute atomic E-state index is 0.242. The molecule has 0 bridgehead atoms. The number of carboxylic acid groups (broad SMARTS) is 1. The molecule has 0 heterocycles. The highest BCUT2D eigenvalue weighted by molar-refractivity contribution is 5.89. The highest BCUT2D eigenvalue weighted by Gasteiger charge is 2.07. The lowest BCUT2D eigenvalue weighted by Crippen LogP contribution is -2.00. The van der Waals surface area contributed by atoms with Crippen molar-refractivity contribution in [2.45, 2.75) is 26.2 Å². The summed E-state index contributed by atoms with van der Waals surface area (Å²) in [6.07, 6.45) is 3.52. The number of unbranched alkanes of at least 4 members (excludes halogenated alkanes) is 1. The number of aryl methyl sites for hydroxylation is 1. The summed E-state index contributed by atoms with van der Waals surface area (Å²) < 4.78 is 0. The molecule has 15 heavy (non-hydrogen) atoms. The van der Waals surface area contributed by atoms with Gasteiger partial charge in [0.15, 0.2) is 0 Å². The number of carboxylic acids is 1. The number of carbonyl (C=O) groups excluding carboxylic acids is 1. The zero-order valence-corrected chi connectivity index (χ0v) is 8.69. The number of carbonyl (C=O) groups is 2. The van der Waals surface area contributed by atoms with Crippen molar-refractivity contribution in [3.05, 3.63) is 34.9 Å². The van der Waals surface area contributed by atoms with E-state index in [9.17, 15) is 9.59 Å². The van der Waals surface area contributed by atoms with Gasteiger partial charge in [-0.1, -0.05) is 19.4 Å². The summed E-state index contributed by atoms with van der Waals surface area (Å²) in [5.41, 5.74) is 1.66. The van der Waals surface area contributed by atoms with E-state index < -0.39 is 5.97 Å². The molecular weight excluding hydrogens is 192 g/mol. The summed E-state index contributed by atoms with van der Waals surface area (Å²) in [4.78, 5) is 21.5. The van der Waals surface area contributed by atoms with E-state index in [4.69, 9.17) is 5.11 Å². The Bertz CT molecular complexity index is 369. The molecule has 3 heteroatoms. The van der Waals surface area contributed by atoms with Gasteiger partial charge in [0, 0.05) is 5.56 Å². The first kappa shape index (κ1) is 11.4. The standard InChI is InChI=1S/C12H14O3/c1-2-3-4-9-7-10(12(14)15)5-6-11(9)8-13/h5-8H,2-4H2,1H3,(H,14,15). The average molecular weight is 206 g/mol. The van der Waals surface area contributed by atoms with Crippen LogP contribution in [0.5, 0.6) is 0 Å². The van der Waals surface area contributed by atoms with Gasteiger partial charge in [-0.3, -0.25) is 4.79 Å². The van der Waals surface area contributed by atoms with Crippen molar-refractivity contribution in [1.29, 1.82) is 0 Å². The smallest absolute Gasteiger partial charge is 0.335 e. The second kappa shape index (κ2) is 5.29. The van der Waals surface area contributed by atoms with Gasteiger partial charge in [0.05, 0.1) is 5.56 Å². The van der Waals surface area contributed by atoms with E-state index in [-0.39, 0.29) is 5.56 Å². The van der Waals surface area contributed by atoms with Gasteiger partial charge >= 0.3 is 5.97 Å². The molecule has 0 saturated heterocycles. The topological polar surface area (TPSA) is 54.4 Å². The van der Waals surface area contributed by atoms with Crippen LogP contribution in [0.3, 0.4) is 0 Å². The van der Waals surface area contributed by atoms with Gasteiger partial charge in [0.25, 0.3) is 0 Å². The van der Waals surface area contributed by atoms with Crippen molar-refractivity contribution >= 4 is 12.3 Å². The Morgan fingerprint density at radius 2 is 2.20 bits per heavy atom. The van der Waals surface area contributed by atoms with E-state index >= 15 is 0 Å². The molecule has 1 N–H and O–H groups in total. The first-order valence-corrected chi connectivity index (χ1v) is 5.00. The fourth-order valence-electron chi connectivity index (χ4n) is 1.44. The zero-order chi connectivity index (χ0) is 11.3. The molecule has 0 amide bonds. The van der Waals surface area contributed by atoms with E-state index in [1.165, 1.54) is 6.07 Å². The minimum atomic E-state index is -0.954. The molecule has 1 aromatic rings. The van der Waals surface area contributed by atoms with Crippen LogP contribution in [0.2, 0.25) is 0 Å². The van der Waals surface area contributed by atoms with Crippen molar-refractivity contribution in [3.63, 3.8) is 0 Å². The zero-order valence-electron chi connectivity index (χ0n) is 8.69. The van der Waals surface area contributed by atoms with Crippen molar-refractivity contribution in [2.75, 3.05) is 0 Å². The molecule has 1 rings (SSSR count). The van der Waals surface area contributed by atoms with Crippen molar-refractivity contribution in [1.82, 2.24) is 0 Å². The summed E-state index contributed by atoms with van der Waals surface area (Å²) in [5.74, 6) is -0.954. The predicted octanol–water partition coefficient (Wildman–Crippen LogP) is 2.54. The molecular formula is C12H14O3. The molecule has 0 aromatic heterocycles. The van der Waals surface area contributed by atoms with Crippen LogP contribution in [0.1, 0.15) is 46.0 Å². The Hall–Kier alpha value is -1.64.